The molecular formula is C11H12O. The topological polar surface area (TPSA) is 20.2 Å². The van der Waals surface area contributed by atoms with Gasteiger partial charge < -0.3 is 5.11 Å². The van der Waals surface area contributed by atoms with Crippen LogP contribution in [0.4, 0.5) is 0 Å². The van der Waals surface area contributed by atoms with Gasteiger partial charge in [0.25, 0.3) is 0 Å². The van der Waals surface area contributed by atoms with Crippen molar-refractivity contribution < 1.29 is 5.11 Å². The van der Waals surface area contributed by atoms with E-state index in [-0.39, 0.29) is 0 Å². The van der Waals surface area contributed by atoms with Crippen LogP contribution in [0.3, 0.4) is 0 Å². The summed E-state index contributed by atoms with van der Waals surface area (Å²) in [6, 6.07) is 8.30. The molecule has 62 valence electrons. The summed E-state index contributed by atoms with van der Waals surface area (Å²) >= 11 is 0. The fourth-order valence-corrected chi connectivity index (χ4v) is 2.84. The highest BCUT2D eigenvalue weighted by atomic mass is 16.3. The SMILES string of the molecule is O[C@@]12CCC[C@H]1c1ccccc12. The predicted molar refractivity (Wildman–Crippen MR) is 46.9 cm³/mol. The molecule has 0 heterocycles. The van der Waals surface area contributed by atoms with Crippen LogP contribution in [0.25, 0.3) is 0 Å². The quantitative estimate of drug-likeness (QED) is 0.616. The molecule has 1 heteroatoms. The lowest BCUT2D eigenvalue weighted by Gasteiger charge is -2.43. The maximum Gasteiger partial charge on any atom is 0.0967 e. The minimum absolute atomic E-state index is 0.434. The standard InChI is InChI=1S/C11H12O/c12-11-7-3-6-10(11)8-4-1-2-5-9(8)11/h1-2,4-5,10,12H,3,6-7H2/t10-,11+/m0/s1. The number of fused-ring (bicyclic) bond motifs is 4. The Bertz CT molecular complexity index is 332. The van der Waals surface area contributed by atoms with Crippen LogP contribution in [0.1, 0.15) is 36.3 Å². The van der Waals surface area contributed by atoms with E-state index >= 15 is 0 Å². The third kappa shape index (κ3) is 0.558. The zero-order valence-corrected chi connectivity index (χ0v) is 6.96. The number of rotatable bonds is 0. The smallest absolute Gasteiger partial charge is 0.0967 e. The highest BCUT2D eigenvalue weighted by Gasteiger charge is 2.52. The number of hydrogen-bond donors (Lipinski definition) is 1. The summed E-state index contributed by atoms with van der Waals surface area (Å²) < 4.78 is 0. The molecular weight excluding hydrogens is 148 g/mol. The summed E-state index contributed by atoms with van der Waals surface area (Å²) in [7, 11) is 0. The van der Waals surface area contributed by atoms with Crippen LogP contribution in [0.2, 0.25) is 0 Å². The fourth-order valence-electron chi connectivity index (χ4n) is 2.84. The Morgan fingerprint density at radius 2 is 2.17 bits per heavy atom. The van der Waals surface area contributed by atoms with Crippen molar-refractivity contribution in [1.29, 1.82) is 0 Å². The summed E-state index contributed by atoms with van der Waals surface area (Å²) in [4.78, 5) is 0. The second kappa shape index (κ2) is 1.91. The van der Waals surface area contributed by atoms with Gasteiger partial charge in [0.2, 0.25) is 0 Å². The van der Waals surface area contributed by atoms with Crippen molar-refractivity contribution in [3.63, 3.8) is 0 Å². The Labute approximate surface area is 72.0 Å². The molecule has 0 spiro atoms. The van der Waals surface area contributed by atoms with E-state index in [0.29, 0.717) is 5.92 Å². The minimum Gasteiger partial charge on any atom is -0.385 e. The van der Waals surface area contributed by atoms with Gasteiger partial charge in [-0.3, -0.25) is 0 Å². The van der Waals surface area contributed by atoms with Gasteiger partial charge in [-0.2, -0.15) is 0 Å². The molecule has 0 radical (unpaired) electrons. The second-order valence-corrected chi connectivity index (χ2v) is 3.96. The van der Waals surface area contributed by atoms with Gasteiger partial charge in [-0.1, -0.05) is 24.3 Å². The van der Waals surface area contributed by atoms with Crippen LogP contribution < -0.4 is 0 Å². The average molecular weight is 160 g/mol. The summed E-state index contributed by atoms with van der Waals surface area (Å²) in [5.74, 6) is 0.452. The van der Waals surface area contributed by atoms with Crippen molar-refractivity contribution in [3.8, 4) is 0 Å². The van der Waals surface area contributed by atoms with E-state index < -0.39 is 5.60 Å². The van der Waals surface area contributed by atoms with Gasteiger partial charge in [0.15, 0.2) is 0 Å². The Morgan fingerprint density at radius 3 is 3.08 bits per heavy atom. The van der Waals surface area contributed by atoms with E-state index in [0.717, 1.165) is 6.42 Å². The molecule has 0 unspecified atom stereocenters. The molecule has 1 N–H and O–H groups in total. The molecule has 2 aliphatic carbocycles. The maximum absolute atomic E-state index is 10.2. The fraction of sp³-hybridized carbons (Fsp3) is 0.455. The molecule has 1 aromatic rings. The van der Waals surface area contributed by atoms with E-state index in [1.807, 2.05) is 6.07 Å². The zero-order chi connectivity index (χ0) is 8.18. The maximum atomic E-state index is 10.2. The van der Waals surface area contributed by atoms with Gasteiger partial charge >= 0.3 is 0 Å². The Morgan fingerprint density at radius 1 is 1.33 bits per heavy atom. The van der Waals surface area contributed by atoms with Crippen molar-refractivity contribution in [3.05, 3.63) is 35.4 Å². The first-order valence-electron chi connectivity index (χ1n) is 4.64. The first kappa shape index (κ1) is 6.67. The summed E-state index contributed by atoms with van der Waals surface area (Å²) in [6.45, 7) is 0. The van der Waals surface area contributed by atoms with Crippen LogP contribution in [0.15, 0.2) is 24.3 Å². The lowest BCUT2D eigenvalue weighted by molar-refractivity contribution is -0.000669. The molecule has 2 atom stereocenters. The van der Waals surface area contributed by atoms with E-state index in [1.54, 1.807) is 0 Å². The van der Waals surface area contributed by atoms with Crippen LogP contribution in [-0.2, 0) is 5.60 Å². The Balaban J connectivity index is 2.19. The van der Waals surface area contributed by atoms with Gasteiger partial charge in [-0.15, -0.1) is 0 Å². The van der Waals surface area contributed by atoms with Crippen LogP contribution in [0, 0.1) is 0 Å². The monoisotopic (exact) mass is 160 g/mol. The first-order valence-corrected chi connectivity index (χ1v) is 4.64. The van der Waals surface area contributed by atoms with E-state index in [9.17, 15) is 5.11 Å². The normalized spacial score (nSPS) is 36.9. The van der Waals surface area contributed by atoms with Gasteiger partial charge in [-0.05, 0) is 30.4 Å². The minimum atomic E-state index is -0.434. The first-order chi connectivity index (χ1) is 5.82. The third-order valence-corrected chi connectivity index (χ3v) is 3.43. The molecule has 1 fully saturated rings. The highest BCUT2D eigenvalue weighted by Crippen LogP contribution is 2.59. The van der Waals surface area contributed by atoms with Crippen LogP contribution in [-0.4, -0.2) is 5.11 Å². The second-order valence-electron chi connectivity index (χ2n) is 3.96. The molecule has 2 aliphatic rings. The molecule has 3 rings (SSSR count). The van der Waals surface area contributed by atoms with Crippen molar-refractivity contribution in [2.75, 3.05) is 0 Å². The molecule has 1 nitrogen and oxygen atoms in total. The molecule has 0 amide bonds. The average Bonchev–Trinajstić information content (AvgIpc) is 2.43. The molecule has 1 saturated carbocycles. The van der Waals surface area contributed by atoms with Crippen LogP contribution >= 0.6 is 0 Å². The van der Waals surface area contributed by atoms with Gasteiger partial charge in [0, 0.05) is 5.92 Å². The lowest BCUT2D eigenvalue weighted by Crippen LogP contribution is -2.39. The van der Waals surface area contributed by atoms with Gasteiger partial charge in [0.05, 0.1) is 5.60 Å². The molecule has 0 aliphatic heterocycles. The molecule has 0 bridgehead atoms. The van der Waals surface area contributed by atoms with Gasteiger partial charge in [0.1, 0.15) is 0 Å². The summed E-state index contributed by atoms with van der Waals surface area (Å²) in [5, 5.41) is 10.2. The summed E-state index contributed by atoms with van der Waals surface area (Å²) in [6.07, 6.45) is 3.32. The number of benzene rings is 1. The largest absolute Gasteiger partial charge is 0.385 e. The molecule has 0 saturated heterocycles. The van der Waals surface area contributed by atoms with Crippen molar-refractivity contribution >= 4 is 0 Å². The zero-order valence-electron chi connectivity index (χ0n) is 6.96. The molecule has 1 aromatic carbocycles. The highest BCUT2D eigenvalue weighted by molar-refractivity contribution is 5.48. The molecule has 0 aromatic heterocycles. The van der Waals surface area contributed by atoms with Crippen LogP contribution in [0.5, 0.6) is 0 Å². The van der Waals surface area contributed by atoms with E-state index in [4.69, 9.17) is 0 Å². The van der Waals surface area contributed by atoms with Crippen molar-refractivity contribution in [2.24, 2.45) is 0 Å². The van der Waals surface area contributed by atoms with Crippen molar-refractivity contribution in [2.45, 2.75) is 30.8 Å². The number of aliphatic hydroxyl groups is 1. The molecule has 12 heavy (non-hydrogen) atoms. The van der Waals surface area contributed by atoms with E-state index in [1.165, 1.54) is 24.0 Å². The third-order valence-electron chi connectivity index (χ3n) is 3.43. The Hall–Kier alpha value is -0.820. The Kier molecular flexibility index (Phi) is 1.06. The lowest BCUT2D eigenvalue weighted by atomic mass is 9.66. The summed E-state index contributed by atoms with van der Waals surface area (Å²) in [5.41, 5.74) is 2.14. The van der Waals surface area contributed by atoms with Crippen molar-refractivity contribution in [1.82, 2.24) is 0 Å². The van der Waals surface area contributed by atoms with Gasteiger partial charge in [-0.25, -0.2) is 0 Å². The number of hydrogen-bond acceptors (Lipinski definition) is 1. The predicted octanol–water partition coefficient (Wildman–Crippen LogP) is 2.16. The van der Waals surface area contributed by atoms with E-state index in [2.05, 4.69) is 18.2 Å².